The molecule has 2 aliphatic rings. The first kappa shape index (κ1) is 23.4. The first-order valence-electron chi connectivity index (χ1n) is 10.5. The normalized spacial score (nSPS) is 23.8. The maximum Gasteiger partial charge on any atom is 0.408 e. The standard InChI is InChI=1S/C21H24IN5O6/c1-13(28)16(24-20(31)32-11-14-6-3-2-4-7-14)17(29)27-9-5-8-21(27)18(22)26(19(21)30)10-15-25-23-12-33-15/h2-4,6-7,12-13,16,18,28H,5,8-11H2,1H3,(H,24,31)/t13-,16+,18?,21?/m1/s1. The molecule has 2 saturated heterocycles. The number of β-lactam (4-membered cyclic amide) rings is 1. The maximum absolute atomic E-state index is 13.4. The molecule has 2 fully saturated rings. The number of benzene rings is 1. The van der Waals surface area contributed by atoms with Crippen molar-refractivity contribution in [3.05, 3.63) is 48.2 Å². The van der Waals surface area contributed by atoms with Gasteiger partial charge in [-0.15, -0.1) is 10.2 Å². The lowest BCUT2D eigenvalue weighted by Crippen LogP contribution is -2.77. The molecular formula is C21H24IN5O6. The number of alkyl halides is 1. The predicted octanol–water partition coefficient (Wildman–Crippen LogP) is 1.21. The highest BCUT2D eigenvalue weighted by atomic mass is 127. The summed E-state index contributed by atoms with van der Waals surface area (Å²) in [6.07, 6.45) is 0.318. The average molecular weight is 569 g/mol. The monoisotopic (exact) mass is 569 g/mol. The number of hydrogen-bond acceptors (Lipinski definition) is 8. The van der Waals surface area contributed by atoms with Gasteiger partial charge in [0.25, 0.3) is 5.91 Å². The predicted molar refractivity (Wildman–Crippen MR) is 122 cm³/mol. The highest BCUT2D eigenvalue weighted by Crippen LogP contribution is 2.48. The molecule has 0 saturated carbocycles. The van der Waals surface area contributed by atoms with Gasteiger partial charge in [0.2, 0.25) is 18.2 Å². The van der Waals surface area contributed by atoms with Gasteiger partial charge in [0.1, 0.15) is 23.2 Å². The van der Waals surface area contributed by atoms with Gasteiger partial charge in [0.05, 0.1) is 6.10 Å². The smallest absolute Gasteiger partial charge is 0.408 e. The fourth-order valence-electron chi connectivity index (χ4n) is 4.27. The molecule has 3 heterocycles. The van der Waals surface area contributed by atoms with Crippen LogP contribution in [0.1, 0.15) is 31.2 Å². The van der Waals surface area contributed by atoms with E-state index in [9.17, 15) is 19.5 Å². The third-order valence-corrected chi connectivity index (χ3v) is 7.63. The number of aromatic nitrogens is 2. The van der Waals surface area contributed by atoms with Crippen molar-refractivity contribution < 1.29 is 28.6 Å². The zero-order valence-corrected chi connectivity index (χ0v) is 20.0. The van der Waals surface area contributed by atoms with Crippen LogP contribution in [0.15, 0.2) is 41.1 Å². The third kappa shape index (κ3) is 4.40. The van der Waals surface area contributed by atoms with Gasteiger partial charge in [-0.1, -0.05) is 52.9 Å². The van der Waals surface area contributed by atoms with Crippen LogP contribution in [0.25, 0.3) is 0 Å². The summed E-state index contributed by atoms with van der Waals surface area (Å²) in [5.41, 5.74) is -0.235. The Kier molecular flexibility index (Phi) is 6.83. The second-order valence-electron chi connectivity index (χ2n) is 8.04. The molecule has 1 spiro atoms. The number of hydrogen-bond donors (Lipinski definition) is 2. The van der Waals surface area contributed by atoms with Gasteiger partial charge in [-0.25, -0.2) is 4.79 Å². The molecule has 12 heteroatoms. The Labute approximate surface area is 203 Å². The molecule has 0 radical (unpaired) electrons. The number of amides is 3. The number of nitrogens with zero attached hydrogens (tertiary/aromatic N) is 4. The van der Waals surface area contributed by atoms with Gasteiger partial charge in [-0.3, -0.25) is 9.59 Å². The molecule has 33 heavy (non-hydrogen) atoms. The molecule has 4 rings (SSSR count). The van der Waals surface area contributed by atoms with E-state index in [2.05, 4.69) is 38.1 Å². The molecule has 2 unspecified atom stereocenters. The molecule has 0 bridgehead atoms. The van der Waals surface area contributed by atoms with Gasteiger partial charge in [0.15, 0.2) is 5.54 Å². The summed E-state index contributed by atoms with van der Waals surface area (Å²) in [6.45, 7) is 1.94. The minimum atomic E-state index is -1.25. The second kappa shape index (κ2) is 9.63. The molecule has 11 nitrogen and oxygen atoms in total. The largest absolute Gasteiger partial charge is 0.445 e. The number of nitrogens with one attached hydrogen (secondary N) is 1. The highest BCUT2D eigenvalue weighted by molar-refractivity contribution is 14.1. The van der Waals surface area contributed by atoms with Crippen molar-refractivity contribution in [3.8, 4) is 0 Å². The summed E-state index contributed by atoms with van der Waals surface area (Å²) in [7, 11) is 0. The highest BCUT2D eigenvalue weighted by Gasteiger charge is 2.66. The molecule has 3 amide bonds. The van der Waals surface area contributed by atoms with E-state index in [1.807, 2.05) is 18.2 Å². The molecule has 2 aliphatic heterocycles. The lowest BCUT2D eigenvalue weighted by atomic mass is 9.85. The van der Waals surface area contributed by atoms with Crippen molar-refractivity contribution in [3.63, 3.8) is 0 Å². The Bertz CT molecular complexity index is 1000. The summed E-state index contributed by atoms with van der Waals surface area (Å²) in [5.74, 6) is -0.436. The van der Waals surface area contributed by atoms with E-state index < -0.39 is 29.7 Å². The van der Waals surface area contributed by atoms with Crippen LogP contribution in [0, 0.1) is 0 Å². The summed E-state index contributed by atoms with van der Waals surface area (Å²) in [4.78, 5) is 42.0. The van der Waals surface area contributed by atoms with E-state index >= 15 is 0 Å². The Morgan fingerprint density at radius 2 is 2.15 bits per heavy atom. The summed E-state index contributed by atoms with van der Waals surface area (Å²) in [5, 5.41) is 20.1. The molecule has 1 aromatic heterocycles. The summed E-state index contributed by atoms with van der Waals surface area (Å²) < 4.78 is 10.0. The van der Waals surface area contributed by atoms with Crippen LogP contribution in [-0.2, 0) is 27.5 Å². The molecule has 176 valence electrons. The van der Waals surface area contributed by atoms with Gasteiger partial charge >= 0.3 is 6.09 Å². The molecule has 4 atom stereocenters. The van der Waals surface area contributed by atoms with Gasteiger partial charge < -0.3 is 29.4 Å². The van der Waals surface area contributed by atoms with E-state index in [0.717, 1.165) is 5.56 Å². The van der Waals surface area contributed by atoms with Crippen molar-refractivity contribution in [2.75, 3.05) is 6.54 Å². The van der Waals surface area contributed by atoms with Crippen molar-refractivity contribution >= 4 is 40.5 Å². The summed E-state index contributed by atoms with van der Waals surface area (Å²) in [6, 6.07) is 7.86. The number of carbonyl (C=O) groups excluding carboxylic acids is 3. The van der Waals surface area contributed by atoms with E-state index in [0.29, 0.717) is 25.3 Å². The van der Waals surface area contributed by atoms with Crippen LogP contribution >= 0.6 is 22.6 Å². The third-order valence-electron chi connectivity index (χ3n) is 5.93. The summed E-state index contributed by atoms with van der Waals surface area (Å²) >= 11 is 2.13. The van der Waals surface area contributed by atoms with Crippen molar-refractivity contribution in [2.24, 2.45) is 0 Å². The number of aliphatic hydroxyl groups excluding tert-OH is 1. The Hall–Kier alpha value is -2.74. The Morgan fingerprint density at radius 3 is 2.79 bits per heavy atom. The van der Waals surface area contributed by atoms with E-state index in [1.165, 1.54) is 18.2 Å². The lowest BCUT2D eigenvalue weighted by Gasteiger charge is -2.55. The van der Waals surface area contributed by atoms with Crippen molar-refractivity contribution in [1.29, 1.82) is 0 Å². The topological polar surface area (TPSA) is 138 Å². The Balaban J connectivity index is 1.43. The van der Waals surface area contributed by atoms with Crippen LogP contribution in [0.2, 0.25) is 0 Å². The van der Waals surface area contributed by atoms with Crippen molar-refractivity contribution in [2.45, 2.75) is 54.7 Å². The number of ether oxygens (including phenoxy) is 1. The SMILES string of the molecule is C[C@@H](O)[C@H](NC(=O)OCc1ccccc1)C(=O)N1CCCC12C(=O)N(Cc1nnco1)C2I. The molecular weight excluding hydrogens is 545 g/mol. The van der Waals surface area contributed by atoms with E-state index in [-0.39, 0.29) is 23.1 Å². The van der Waals surface area contributed by atoms with Crippen molar-refractivity contribution in [1.82, 2.24) is 25.3 Å². The number of rotatable bonds is 7. The van der Waals surface area contributed by atoms with Crippen LogP contribution < -0.4 is 5.32 Å². The van der Waals surface area contributed by atoms with Gasteiger partial charge in [0, 0.05) is 6.54 Å². The van der Waals surface area contributed by atoms with Crippen LogP contribution in [0.5, 0.6) is 0 Å². The molecule has 2 aromatic rings. The molecule has 1 aromatic carbocycles. The average Bonchev–Trinajstić information content (AvgIpc) is 3.50. The van der Waals surface area contributed by atoms with E-state index in [1.54, 1.807) is 17.0 Å². The van der Waals surface area contributed by atoms with Gasteiger partial charge in [-0.05, 0) is 25.3 Å². The van der Waals surface area contributed by atoms with E-state index in [4.69, 9.17) is 9.15 Å². The fourth-order valence-corrected chi connectivity index (χ4v) is 5.64. The minimum Gasteiger partial charge on any atom is -0.445 e. The van der Waals surface area contributed by atoms with Crippen LogP contribution in [-0.4, -0.2) is 71.3 Å². The maximum atomic E-state index is 13.4. The minimum absolute atomic E-state index is 0.0278. The zero-order chi connectivity index (χ0) is 23.6. The first-order valence-corrected chi connectivity index (χ1v) is 11.8. The quantitative estimate of drug-likeness (QED) is 0.220. The van der Waals surface area contributed by atoms with Crippen LogP contribution in [0.4, 0.5) is 4.79 Å². The number of halogens is 1. The van der Waals surface area contributed by atoms with Gasteiger partial charge in [-0.2, -0.15) is 0 Å². The second-order valence-corrected chi connectivity index (χ2v) is 9.22. The molecule has 2 N–H and O–H groups in total. The number of alkyl carbamates (subject to hydrolysis) is 1. The lowest BCUT2D eigenvalue weighted by molar-refractivity contribution is -0.172. The first-order chi connectivity index (χ1) is 15.8. The zero-order valence-electron chi connectivity index (χ0n) is 17.9. The fraction of sp³-hybridized carbons (Fsp3) is 0.476. The number of likely N-dealkylation sites (tertiary alicyclic amines) is 2. The Morgan fingerprint density at radius 1 is 1.39 bits per heavy atom. The number of carbonyl (C=O) groups is 3. The van der Waals surface area contributed by atoms with Crippen LogP contribution in [0.3, 0.4) is 0 Å². The number of aliphatic hydroxyl groups is 1. The molecule has 0 aliphatic carbocycles.